The molecule has 290 valence electrons. The van der Waals surface area contributed by atoms with E-state index in [-0.39, 0.29) is 0 Å². The van der Waals surface area contributed by atoms with E-state index < -0.39 is 0 Å². The van der Waals surface area contributed by atoms with Crippen molar-refractivity contribution in [2.75, 3.05) is 0 Å². The van der Waals surface area contributed by atoms with Crippen molar-refractivity contribution in [3.05, 3.63) is 218 Å². The molecular weight excluding hydrogens is 757 g/mol. The SMILES string of the molecule is c1ccc(-c2cc(-c3ccccc3)cc(-c3nc(-c4ccccc4)nc(-c4ccc5c(c4)oc4cccc(-c6ccc7c8ccccc8n(-c8ccccc8)c7c6)c45)n3)c2)cc1. The first-order valence-corrected chi connectivity index (χ1v) is 20.8. The van der Waals surface area contributed by atoms with Crippen molar-refractivity contribution in [3.8, 4) is 73.2 Å². The van der Waals surface area contributed by atoms with Gasteiger partial charge in [0.2, 0.25) is 0 Å². The van der Waals surface area contributed by atoms with E-state index in [2.05, 4.69) is 180 Å². The highest BCUT2D eigenvalue weighted by Crippen LogP contribution is 2.41. The molecule has 12 rings (SSSR count). The minimum absolute atomic E-state index is 0.571. The summed E-state index contributed by atoms with van der Waals surface area (Å²) in [7, 11) is 0. The number of fused-ring (bicyclic) bond motifs is 6. The van der Waals surface area contributed by atoms with Crippen LogP contribution in [-0.2, 0) is 0 Å². The van der Waals surface area contributed by atoms with Crippen LogP contribution < -0.4 is 0 Å². The maximum Gasteiger partial charge on any atom is 0.164 e. The highest BCUT2D eigenvalue weighted by molar-refractivity contribution is 6.15. The molecule has 0 aliphatic carbocycles. The highest BCUT2D eigenvalue weighted by Gasteiger charge is 2.19. The second-order valence-electron chi connectivity index (χ2n) is 15.6. The molecule has 0 saturated heterocycles. The maximum atomic E-state index is 6.69. The Balaban J connectivity index is 1.01. The van der Waals surface area contributed by atoms with Crippen molar-refractivity contribution in [2.45, 2.75) is 0 Å². The maximum absolute atomic E-state index is 6.69. The van der Waals surface area contributed by atoms with E-state index in [0.29, 0.717) is 17.5 Å². The van der Waals surface area contributed by atoms with Gasteiger partial charge in [0.15, 0.2) is 17.5 Å². The normalized spacial score (nSPS) is 11.5. The summed E-state index contributed by atoms with van der Waals surface area (Å²) in [5.74, 6) is 1.77. The van der Waals surface area contributed by atoms with E-state index >= 15 is 0 Å². The molecule has 12 aromatic rings. The first kappa shape index (κ1) is 35.5. The van der Waals surface area contributed by atoms with E-state index in [1.54, 1.807) is 0 Å². The van der Waals surface area contributed by atoms with Gasteiger partial charge in [-0.05, 0) is 94.0 Å². The summed E-state index contributed by atoms with van der Waals surface area (Å²) in [5, 5.41) is 4.55. The van der Waals surface area contributed by atoms with Gasteiger partial charge in [0, 0.05) is 43.9 Å². The number of nitrogens with zero attached hydrogens (tertiary/aromatic N) is 4. The average Bonchev–Trinajstić information content (AvgIpc) is 3.90. The molecule has 0 amide bonds. The van der Waals surface area contributed by atoms with Crippen molar-refractivity contribution in [1.29, 1.82) is 0 Å². The molecule has 5 heteroatoms. The van der Waals surface area contributed by atoms with E-state index in [4.69, 9.17) is 19.4 Å². The summed E-state index contributed by atoms with van der Waals surface area (Å²) < 4.78 is 9.05. The van der Waals surface area contributed by atoms with Crippen molar-refractivity contribution < 1.29 is 4.42 Å². The van der Waals surface area contributed by atoms with E-state index in [0.717, 1.165) is 83.2 Å². The number of hydrogen-bond donors (Lipinski definition) is 0. The predicted molar refractivity (Wildman–Crippen MR) is 254 cm³/mol. The molecule has 5 nitrogen and oxygen atoms in total. The van der Waals surface area contributed by atoms with Crippen LogP contribution in [0.5, 0.6) is 0 Å². The Bertz CT molecular complexity index is 3560. The third-order valence-corrected chi connectivity index (χ3v) is 11.8. The lowest BCUT2D eigenvalue weighted by atomic mass is 9.96. The van der Waals surface area contributed by atoms with E-state index in [1.807, 2.05) is 42.5 Å². The number of para-hydroxylation sites is 2. The minimum Gasteiger partial charge on any atom is -0.456 e. The highest BCUT2D eigenvalue weighted by atomic mass is 16.3. The van der Waals surface area contributed by atoms with Crippen molar-refractivity contribution in [1.82, 2.24) is 19.5 Å². The van der Waals surface area contributed by atoms with Crippen molar-refractivity contribution in [3.63, 3.8) is 0 Å². The van der Waals surface area contributed by atoms with Crippen LogP contribution in [0.25, 0.3) is 117 Å². The molecule has 62 heavy (non-hydrogen) atoms. The predicted octanol–water partition coefficient (Wildman–Crippen LogP) is 14.9. The lowest BCUT2D eigenvalue weighted by molar-refractivity contribution is 0.669. The Morgan fingerprint density at radius 3 is 1.53 bits per heavy atom. The van der Waals surface area contributed by atoms with Gasteiger partial charge in [-0.15, -0.1) is 0 Å². The molecule has 9 aromatic carbocycles. The Hall–Kier alpha value is -8.41. The molecule has 0 saturated carbocycles. The van der Waals surface area contributed by atoms with Crippen LogP contribution in [-0.4, -0.2) is 19.5 Å². The second-order valence-corrected chi connectivity index (χ2v) is 15.6. The molecule has 0 atom stereocenters. The van der Waals surface area contributed by atoms with Crippen LogP contribution >= 0.6 is 0 Å². The smallest absolute Gasteiger partial charge is 0.164 e. The number of hydrogen-bond acceptors (Lipinski definition) is 4. The van der Waals surface area contributed by atoms with Gasteiger partial charge in [0.1, 0.15) is 11.2 Å². The summed E-state index contributed by atoms with van der Waals surface area (Å²) in [6.07, 6.45) is 0. The number of aromatic nitrogens is 4. The lowest BCUT2D eigenvalue weighted by Crippen LogP contribution is -2.00. The van der Waals surface area contributed by atoms with Crippen molar-refractivity contribution in [2.24, 2.45) is 0 Å². The molecule has 0 spiro atoms. The standard InChI is InChI=1S/C57H36N4O/c1-5-16-37(17-6-1)42-32-43(38-18-7-2-8-19-38)34-44(33-42)57-59-55(39-20-9-3-10-21-39)58-56(60-57)41-29-31-49-53(36-41)62-52-27-15-25-46(54(49)52)40-28-30-48-47-24-13-14-26-50(47)61(51(48)35-40)45-22-11-4-12-23-45/h1-36H. The molecule has 0 unspecified atom stereocenters. The van der Waals surface area contributed by atoms with Crippen LogP contribution in [0.15, 0.2) is 223 Å². The Morgan fingerprint density at radius 1 is 0.306 bits per heavy atom. The van der Waals surface area contributed by atoms with Crippen LogP contribution in [0.2, 0.25) is 0 Å². The number of furan rings is 1. The first-order valence-electron chi connectivity index (χ1n) is 20.8. The Morgan fingerprint density at radius 2 is 0.839 bits per heavy atom. The molecule has 3 heterocycles. The summed E-state index contributed by atoms with van der Waals surface area (Å²) in [6, 6.07) is 76.3. The molecule has 0 aliphatic heterocycles. The van der Waals surface area contributed by atoms with E-state index in [9.17, 15) is 0 Å². The fourth-order valence-electron chi connectivity index (χ4n) is 8.90. The topological polar surface area (TPSA) is 56.7 Å². The van der Waals surface area contributed by atoms with Gasteiger partial charge in [0.05, 0.1) is 11.0 Å². The van der Waals surface area contributed by atoms with Gasteiger partial charge < -0.3 is 8.98 Å². The monoisotopic (exact) mass is 792 g/mol. The molecule has 0 N–H and O–H groups in total. The largest absolute Gasteiger partial charge is 0.456 e. The third-order valence-electron chi connectivity index (χ3n) is 11.8. The first-order chi connectivity index (χ1) is 30.7. The summed E-state index contributed by atoms with van der Waals surface area (Å²) in [5.41, 5.74) is 14.4. The minimum atomic E-state index is 0.571. The Kier molecular flexibility index (Phi) is 8.42. The second kappa shape index (κ2) is 14.7. The van der Waals surface area contributed by atoms with Gasteiger partial charge in [0.25, 0.3) is 0 Å². The average molecular weight is 793 g/mol. The van der Waals surface area contributed by atoms with E-state index in [1.165, 1.54) is 16.3 Å². The van der Waals surface area contributed by atoms with Crippen LogP contribution in [0.1, 0.15) is 0 Å². The molecule has 0 aliphatic rings. The van der Waals surface area contributed by atoms with Gasteiger partial charge in [-0.25, -0.2) is 15.0 Å². The fraction of sp³-hybridized carbons (Fsp3) is 0. The molecule has 0 bridgehead atoms. The summed E-state index contributed by atoms with van der Waals surface area (Å²) >= 11 is 0. The zero-order chi connectivity index (χ0) is 41.0. The summed E-state index contributed by atoms with van der Waals surface area (Å²) in [6.45, 7) is 0. The number of rotatable bonds is 7. The third kappa shape index (κ3) is 6.14. The fourth-order valence-corrected chi connectivity index (χ4v) is 8.90. The zero-order valence-corrected chi connectivity index (χ0v) is 33.5. The van der Waals surface area contributed by atoms with Gasteiger partial charge >= 0.3 is 0 Å². The molecule has 0 radical (unpaired) electrons. The van der Waals surface area contributed by atoms with Crippen LogP contribution in [0, 0.1) is 0 Å². The molecular formula is C57H36N4O. The van der Waals surface area contributed by atoms with Gasteiger partial charge in [-0.2, -0.15) is 0 Å². The van der Waals surface area contributed by atoms with Crippen molar-refractivity contribution >= 4 is 43.7 Å². The lowest BCUT2D eigenvalue weighted by Gasteiger charge is -2.12. The quantitative estimate of drug-likeness (QED) is 0.161. The zero-order valence-electron chi connectivity index (χ0n) is 33.5. The van der Waals surface area contributed by atoms with Crippen LogP contribution in [0.4, 0.5) is 0 Å². The molecule has 3 aromatic heterocycles. The number of benzene rings is 9. The van der Waals surface area contributed by atoms with Crippen LogP contribution in [0.3, 0.4) is 0 Å². The van der Waals surface area contributed by atoms with Gasteiger partial charge in [-0.3, -0.25) is 0 Å². The summed E-state index contributed by atoms with van der Waals surface area (Å²) in [4.78, 5) is 15.4. The van der Waals surface area contributed by atoms with Gasteiger partial charge in [-0.1, -0.05) is 158 Å². The Labute approximate surface area is 357 Å². The molecule has 0 fully saturated rings.